The van der Waals surface area contributed by atoms with E-state index in [9.17, 15) is 13.2 Å². The molecule has 1 aromatic carbocycles. The summed E-state index contributed by atoms with van der Waals surface area (Å²) in [5, 5.41) is 0. The molecular weight excluding hydrogens is 216 g/mol. The summed E-state index contributed by atoms with van der Waals surface area (Å²) in [5.41, 5.74) is 0.728. The highest BCUT2D eigenvalue weighted by Crippen LogP contribution is 2.16. The minimum Gasteiger partial charge on any atom is -0.345 e. The Morgan fingerprint density at radius 3 is 2.27 bits per heavy atom. The van der Waals surface area contributed by atoms with Crippen LogP contribution in [0.15, 0.2) is 30.3 Å². The summed E-state index contributed by atoms with van der Waals surface area (Å²) in [4.78, 5) is 11.4. The normalized spacial score (nSPS) is 13.2. The highest BCUT2D eigenvalue weighted by atomic mass is 32.2. The molecule has 0 aliphatic heterocycles. The first-order chi connectivity index (χ1) is 6.90. The Hall–Kier alpha value is -1.36. The standard InChI is InChI=1S/C10H12O4S/c1-8(9-6-4-3-5-7-9)10(11)14-15(2,12)13/h3-8H,1-2H3/t8-/m1/s1. The van der Waals surface area contributed by atoms with Gasteiger partial charge in [0.2, 0.25) is 0 Å². The van der Waals surface area contributed by atoms with Crippen LogP contribution in [0.2, 0.25) is 0 Å². The fourth-order valence-corrected chi connectivity index (χ4v) is 1.54. The Balaban J connectivity index is 2.78. The summed E-state index contributed by atoms with van der Waals surface area (Å²) in [7, 11) is -3.73. The first kappa shape index (κ1) is 11.7. The van der Waals surface area contributed by atoms with Gasteiger partial charge in [0, 0.05) is 0 Å². The lowest BCUT2D eigenvalue weighted by Crippen LogP contribution is -2.17. The maximum Gasteiger partial charge on any atom is 0.329 e. The van der Waals surface area contributed by atoms with Crippen molar-refractivity contribution in [1.82, 2.24) is 0 Å². The number of benzene rings is 1. The minimum atomic E-state index is -3.73. The summed E-state index contributed by atoms with van der Waals surface area (Å²) in [6.07, 6.45) is 0.850. The van der Waals surface area contributed by atoms with Crippen LogP contribution in [0.1, 0.15) is 18.4 Å². The third-order valence-electron chi connectivity index (χ3n) is 1.89. The minimum absolute atomic E-state index is 0.582. The Morgan fingerprint density at radius 2 is 1.80 bits per heavy atom. The Bertz CT molecular complexity index is 436. The molecule has 0 aliphatic carbocycles. The fraction of sp³-hybridized carbons (Fsp3) is 0.300. The second-order valence-corrected chi connectivity index (χ2v) is 4.81. The van der Waals surface area contributed by atoms with Crippen LogP contribution < -0.4 is 0 Å². The van der Waals surface area contributed by atoms with Crippen molar-refractivity contribution in [1.29, 1.82) is 0 Å². The zero-order valence-electron chi connectivity index (χ0n) is 8.51. The van der Waals surface area contributed by atoms with Crippen molar-refractivity contribution in [3.05, 3.63) is 35.9 Å². The highest BCUT2D eigenvalue weighted by Gasteiger charge is 2.20. The predicted molar refractivity (Wildman–Crippen MR) is 55.8 cm³/mol. The van der Waals surface area contributed by atoms with Gasteiger partial charge in [-0.1, -0.05) is 30.3 Å². The monoisotopic (exact) mass is 228 g/mol. The van der Waals surface area contributed by atoms with Crippen LogP contribution in [0.25, 0.3) is 0 Å². The third-order valence-corrected chi connectivity index (χ3v) is 2.35. The van der Waals surface area contributed by atoms with Gasteiger partial charge in [-0.3, -0.25) is 4.79 Å². The quantitative estimate of drug-likeness (QED) is 0.731. The number of carbonyl (C=O) groups excluding carboxylic acids is 1. The maximum atomic E-state index is 11.4. The van der Waals surface area contributed by atoms with E-state index in [-0.39, 0.29) is 0 Å². The van der Waals surface area contributed by atoms with Crippen LogP contribution in [0.3, 0.4) is 0 Å². The van der Waals surface area contributed by atoms with Crippen molar-refractivity contribution >= 4 is 16.1 Å². The van der Waals surface area contributed by atoms with Gasteiger partial charge in [-0.05, 0) is 12.5 Å². The van der Waals surface area contributed by atoms with E-state index in [1.165, 1.54) is 0 Å². The molecule has 0 heterocycles. The lowest BCUT2D eigenvalue weighted by molar-refractivity contribution is -0.135. The molecular formula is C10H12O4S. The van der Waals surface area contributed by atoms with Crippen LogP contribution >= 0.6 is 0 Å². The van der Waals surface area contributed by atoms with Gasteiger partial charge >= 0.3 is 16.1 Å². The van der Waals surface area contributed by atoms with Crippen molar-refractivity contribution < 1.29 is 17.4 Å². The first-order valence-electron chi connectivity index (χ1n) is 4.38. The van der Waals surface area contributed by atoms with Gasteiger partial charge in [-0.2, -0.15) is 8.42 Å². The lowest BCUT2D eigenvalue weighted by atomic mass is 10.0. The molecule has 15 heavy (non-hydrogen) atoms. The van der Waals surface area contributed by atoms with Crippen LogP contribution in [0, 0.1) is 0 Å². The van der Waals surface area contributed by atoms with E-state index >= 15 is 0 Å². The van der Waals surface area contributed by atoms with Gasteiger partial charge < -0.3 is 4.18 Å². The molecule has 1 aromatic rings. The van der Waals surface area contributed by atoms with Crippen molar-refractivity contribution in [2.24, 2.45) is 0 Å². The maximum absolute atomic E-state index is 11.4. The summed E-state index contributed by atoms with van der Waals surface area (Å²) in [6, 6.07) is 8.86. The molecule has 1 atom stereocenters. The third kappa shape index (κ3) is 3.71. The average Bonchev–Trinajstić information content (AvgIpc) is 2.15. The number of rotatable bonds is 3. The Labute approximate surface area is 89.0 Å². The lowest BCUT2D eigenvalue weighted by Gasteiger charge is -2.09. The summed E-state index contributed by atoms with van der Waals surface area (Å²) < 4.78 is 25.8. The van der Waals surface area contributed by atoms with Crippen LogP contribution in [-0.4, -0.2) is 20.6 Å². The molecule has 1 rings (SSSR count). The van der Waals surface area contributed by atoms with Crippen molar-refractivity contribution in [2.45, 2.75) is 12.8 Å². The molecule has 0 amide bonds. The van der Waals surface area contributed by atoms with Gasteiger partial charge in [-0.25, -0.2) is 0 Å². The molecule has 82 valence electrons. The fourth-order valence-electron chi connectivity index (χ4n) is 1.10. The number of hydrogen-bond acceptors (Lipinski definition) is 4. The van der Waals surface area contributed by atoms with Gasteiger partial charge in [0.25, 0.3) is 0 Å². The van der Waals surface area contributed by atoms with E-state index in [4.69, 9.17) is 0 Å². The first-order valence-corrected chi connectivity index (χ1v) is 6.20. The molecule has 0 fully saturated rings. The van der Waals surface area contributed by atoms with Gasteiger partial charge in [0.1, 0.15) is 0 Å². The Morgan fingerprint density at radius 1 is 1.27 bits per heavy atom. The topological polar surface area (TPSA) is 60.4 Å². The number of carbonyl (C=O) groups is 1. The van der Waals surface area contributed by atoms with Crippen molar-refractivity contribution in [3.63, 3.8) is 0 Å². The van der Waals surface area contributed by atoms with Crippen molar-refractivity contribution in [3.8, 4) is 0 Å². The van der Waals surface area contributed by atoms with E-state index in [2.05, 4.69) is 4.18 Å². The SMILES string of the molecule is C[C@@H](C(=O)OS(C)(=O)=O)c1ccccc1. The molecule has 0 N–H and O–H groups in total. The largest absolute Gasteiger partial charge is 0.345 e. The highest BCUT2D eigenvalue weighted by molar-refractivity contribution is 7.86. The smallest absolute Gasteiger partial charge is 0.329 e. The molecule has 0 saturated carbocycles. The molecule has 4 nitrogen and oxygen atoms in total. The summed E-state index contributed by atoms with van der Waals surface area (Å²) >= 11 is 0. The van der Waals surface area contributed by atoms with E-state index in [0.29, 0.717) is 0 Å². The van der Waals surface area contributed by atoms with Crippen LogP contribution in [-0.2, 0) is 19.1 Å². The second kappa shape index (κ2) is 4.44. The average molecular weight is 228 g/mol. The van der Waals surface area contributed by atoms with E-state index in [1.807, 2.05) is 6.07 Å². The second-order valence-electron chi connectivity index (χ2n) is 3.24. The van der Waals surface area contributed by atoms with Crippen LogP contribution in [0.5, 0.6) is 0 Å². The van der Waals surface area contributed by atoms with E-state index in [0.717, 1.165) is 11.8 Å². The molecule has 0 radical (unpaired) electrons. The summed E-state index contributed by atoms with van der Waals surface area (Å²) in [5.74, 6) is -1.34. The molecule has 0 unspecified atom stereocenters. The molecule has 0 bridgehead atoms. The molecule has 0 saturated heterocycles. The van der Waals surface area contributed by atoms with Gasteiger partial charge in [0.15, 0.2) is 0 Å². The Kier molecular flexibility index (Phi) is 3.47. The molecule has 0 aromatic heterocycles. The zero-order chi connectivity index (χ0) is 11.5. The predicted octanol–water partition coefficient (Wildman–Crippen LogP) is 1.29. The molecule has 5 heteroatoms. The van der Waals surface area contributed by atoms with E-state index in [1.54, 1.807) is 31.2 Å². The number of hydrogen-bond donors (Lipinski definition) is 0. The van der Waals surface area contributed by atoms with Gasteiger partial charge in [-0.15, -0.1) is 0 Å². The van der Waals surface area contributed by atoms with Crippen LogP contribution in [0.4, 0.5) is 0 Å². The zero-order valence-corrected chi connectivity index (χ0v) is 9.32. The van der Waals surface area contributed by atoms with E-state index < -0.39 is 22.0 Å². The van der Waals surface area contributed by atoms with Crippen molar-refractivity contribution in [2.75, 3.05) is 6.26 Å². The molecule has 0 aliphatic rings. The summed E-state index contributed by atoms with van der Waals surface area (Å²) in [6.45, 7) is 1.60. The van der Waals surface area contributed by atoms with Gasteiger partial charge in [0.05, 0.1) is 12.2 Å². The molecule has 0 spiro atoms.